The number of nitrogens with zero attached hydrogens (tertiary/aromatic N) is 2. The highest BCUT2D eigenvalue weighted by Gasteiger charge is 2.28. The fourth-order valence-electron chi connectivity index (χ4n) is 4.46. The van der Waals surface area contributed by atoms with Crippen LogP contribution in [0.5, 0.6) is 0 Å². The van der Waals surface area contributed by atoms with E-state index in [1.165, 1.54) is 16.3 Å². The van der Waals surface area contributed by atoms with E-state index in [2.05, 4.69) is 112 Å². The SMILES string of the molecule is CC/C=C\[C@](C)(CC)N(C)C(=NC(=N)c1ccc(-c2cccc3ccccc23)cc1)c1ccccc1. The Morgan fingerprint density at radius 3 is 2.19 bits per heavy atom. The van der Waals surface area contributed by atoms with E-state index in [-0.39, 0.29) is 11.4 Å². The molecule has 0 radical (unpaired) electrons. The lowest BCUT2D eigenvalue weighted by molar-refractivity contribution is 0.285. The van der Waals surface area contributed by atoms with E-state index in [9.17, 15) is 0 Å². The summed E-state index contributed by atoms with van der Waals surface area (Å²) in [4.78, 5) is 7.09. The number of likely N-dealkylation sites (N-methyl/N-ethyl adjacent to an activating group) is 1. The first-order valence-electron chi connectivity index (χ1n) is 12.7. The lowest BCUT2D eigenvalue weighted by Gasteiger charge is -2.38. The lowest BCUT2D eigenvalue weighted by atomic mass is 9.94. The highest BCUT2D eigenvalue weighted by Crippen LogP contribution is 2.29. The summed E-state index contributed by atoms with van der Waals surface area (Å²) < 4.78 is 0. The van der Waals surface area contributed by atoms with E-state index >= 15 is 0 Å². The molecule has 36 heavy (non-hydrogen) atoms. The van der Waals surface area contributed by atoms with Crippen LogP contribution in [0.4, 0.5) is 0 Å². The maximum absolute atomic E-state index is 8.88. The van der Waals surface area contributed by atoms with E-state index < -0.39 is 0 Å². The quantitative estimate of drug-likeness (QED) is 0.163. The van der Waals surface area contributed by atoms with Gasteiger partial charge in [-0.3, -0.25) is 5.41 Å². The molecule has 3 nitrogen and oxygen atoms in total. The first-order valence-corrected chi connectivity index (χ1v) is 12.7. The molecular weight excluding hydrogens is 438 g/mol. The summed E-state index contributed by atoms with van der Waals surface area (Å²) in [7, 11) is 2.08. The molecule has 0 amide bonds. The second-order valence-corrected chi connectivity index (χ2v) is 9.33. The van der Waals surface area contributed by atoms with Gasteiger partial charge in [-0.15, -0.1) is 0 Å². The van der Waals surface area contributed by atoms with Crippen molar-refractivity contribution in [3.05, 3.63) is 120 Å². The summed E-state index contributed by atoms with van der Waals surface area (Å²) in [6.45, 7) is 6.56. The monoisotopic (exact) mass is 473 g/mol. The van der Waals surface area contributed by atoms with Gasteiger partial charge in [0.15, 0.2) is 5.84 Å². The summed E-state index contributed by atoms with van der Waals surface area (Å²) in [5.74, 6) is 1.05. The van der Waals surface area contributed by atoms with Gasteiger partial charge in [0.2, 0.25) is 0 Å². The Balaban J connectivity index is 1.70. The largest absolute Gasteiger partial charge is 0.350 e. The van der Waals surface area contributed by atoms with Gasteiger partial charge in [-0.05, 0) is 41.7 Å². The zero-order valence-corrected chi connectivity index (χ0v) is 21.7. The van der Waals surface area contributed by atoms with Crippen LogP contribution in [-0.2, 0) is 0 Å². The molecule has 0 bridgehead atoms. The second-order valence-electron chi connectivity index (χ2n) is 9.33. The molecule has 0 saturated heterocycles. The van der Waals surface area contributed by atoms with Crippen molar-refractivity contribution in [2.24, 2.45) is 4.99 Å². The number of aliphatic imine (C=N–C) groups is 1. The fraction of sp³-hybridized carbons (Fsp3) is 0.212. The van der Waals surface area contributed by atoms with Gasteiger partial charge >= 0.3 is 0 Å². The fourth-order valence-corrected chi connectivity index (χ4v) is 4.46. The van der Waals surface area contributed by atoms with Crippen LogP contribution in [0.3, 0.4) is 0 Å². The summed E-state index contributed by atoms with van der Waals surface area (Å²) in [5, 5.41) is 11.3. The predicted molar refractivity (Wildman–Crippen MR) is 155 cm³/mol. The third kappa shape index (κ3) is 5.31. The number of rotatable bonds is 7. The minimum Gasteiger partial charge on any atom is -0.350 e. The Bertz CT molecular complexity index is 1380. The van der Waals surface area contributed by atoms with Crippen LogP contribution in [0.25, 0.3) is 21.9 Å². The van der Waals surface area contributed by atoms with E-state index in [0.29, 0.717) is 0 Å². The van der Waals surface area contributed by atoms with Crippen molar-refractivity contribution in [2.75, 3.05) is 7.05 Å². The smallest absolute Gasteiger partial charge is 0.154 e. The molecule has 1 N–H and O–H groups in total. The number of fused-ring (bicyclic) bond motifs is 1. The van der Waals surface area contributed by atoms with Gasteiger partial charge in [0.1, 0.15) is 5.84 Å². The Hall–Kier alpha value is -3.98. The van der Waals surface area contributed by atoms with Crippen molar-refractivity contribution < 1.29 is 0 Å². The number of nitrogens with one attached hydrogen (secondary N) is 1. The first-order chi connectivity index (χ1) is 17.5. The van der Waals surface area contributed by atoms with Crippen molar-refractivity contribution in [1.29, 1.82) is 5.41 Å². The van der Waals surface area contributed by atoms with Gasteiger partial charge < -0.3 is 4.90 Å². The maximum atomic E-state index is 8.88. The number of hydrogen-bond donors (Lipinski definition) is 1. The molecular formula is C33H35N3. The van der Waals surface area contributed by atoms with Crippen molar-refractivity contribution in [2.45, 2.75) is 39.2 Å². The molecule has 4 rings (SSSR count). The third-order valence-electron chi connectivity index (χ3n) is 7.02. The molecule has 4 aromatic carbocycles. The van der Waals surface area contributed by atoms with Gasteiger partial charge in [0.05, 0.1) is 5.54 Å². The molecule has 0 aliphatic carbocycles. The molecule has 0 aliphatic rings. The van der Waals surface area contributed by atoms with Gasteiger partial charge in [-0.25, -0.2) is 4.99 Å². The van der Waals surface area contributed by atoms with Crippen LogP contribution >= 0.6 is 0 Å². The molecule has 0 saturated carbocycles. The van der Waals surface area contributed by atoms with Crippen molar-refractivity contribution in [1.82, 2.24) is 4.90 Å². The van der Waals surface area contributed by atoms with Crippen LogP contribution in [-0.4, -0.2) is 29.2 Å². The Morgan fingerprint density at radius 1 is 0.833 bits per heavy atom. The number of allylic oxidation sites excluding steroid dienone is 1. The molecule has 3 heteroatoms. The first kappa shape index (κ1) is 25.1. The van der Waals surface area contributed by atoms with Crippen LogP contribution < -0.4 is 0 Å². The van der Waals surface area contributed by atoms with Crippen molar-refractivity contribution in [3.63, 3.8) is 0 Å². The number of benzene rings is 4. The molecule has 0 heterocycles. The highest BCUT2D eigenvalue weighted by atomic mass is 15.2. The molecule has 0 spiro atoms. The average Bonchev–Trinajstić information content (AvgIpc) is 2.94. The Labute approximate surface area is 215 Å². The topological polar surface area (TPSA) is 39.5 Å². The van der Waals surface area contributed by atoms with Crippen LogP contribution in [0.1, 0.15) is 44.7 Å². The maximum Gasteiger partial charge on any atom is 0.154 e. The third-order valence-corrected chi connectivity index (χ3v) is 7.02. The van der Waals surface area contributed by atoms with E-state index in [1.54, 1.807) is 0 Å². The summed E-state index contributed by atoms with van der Waals surface area (Å²) in [6.07, 6.45) is 6.38. The molecule has 0 unspecified atom stereocenters. The molecule has 0 aromatic heterocycles. The summed E-state index contributed by atoms with van der Waals surface area (Å²) >= 11 is 0. The molecule has 4 aromatic rings. The highest BCUT2D eigenvalue weighted by molar-refractivity contribution is 6.10. The van der Waals surface area contributed by atoms with Crippen LogP contribution in [0.2, 0.25) is 0 Å². The molecule has 1 atom stereocenters. The zero-order valence-electron chi connectivity index (χ0n) is 21.7. The molecule has 0 fully saturated rings. The van der Waals surface area contributed by atoms with Gasteiger partial charge in [-0.2, -0.15) is 0 Å². The van der Waals surface area contributed by atoms with E-state index in [4.69, 9.17) is 10.4 Å². The minimum atomic E-state index is -0.205. The normalized spacial score (nSPS) is 13.6. The van der Waals surface area contributed by atoms with Gasteiger partial charge in [0.25, 0.3) is 0 Å². The van der Waals surface area contributed by atoms with Gasteiger partial charge in [0, 0.05) is 18.2 Å². The molecule has 182 valence electrons. The molecule has 0 aliphatic heterocycles. The van der Waals surface area contributed by atoms with E-state index in [0.717, 1.165) is 35.4 Å². The average molecular weight is 474 g/mol. The number of amidine groups is 2. The van der Waals surface area contributed by atoms with E-state index in [1.807, 2.05) is 30.3 Å². The Morgan fingerprint density at radius 2 is 1.50 bits per heavy atom. The van der Waals surface area contributed by atoms with Crippen molar-refractivity contribution in [3.8, 4) is 11.1 Å². The van der Waals surface area contributed by atoms with Crippen LogP contribution in [0, 0.1) is 5.41 Å². The van der Waals surface area contributed by atoms with Crippen molar-refractivity contribution >= 4 is 22.4 Å². The second kappa shape index (κ2) is 11.2. The zero-order chi connectivity index (χ0) is 25.5. The Kier molecular flexibility index (Phi) is 7.80. The predicted octanol–water partition coefficient (Wildman–Crippen LogP) is 8.35. The lowest BCUT2D eigenvalue weighted by Crippen LogP contribution is -2.46. The minimum absolute atomic E-state index is 0.205. The van der Waals surface area contributed by atoms with Crippen LogP contribution in [0.15, 0.2) is 114 Å². The van der Waals surface area contributed by atoms with Gasteiger partial charge in [-0.1, -0.05) is 123 Å². The number of hydrogen-bond acceptors (Lipinski definition) is 1. The summed E-state index contributed by atoms with van der Waals surface area (Å²) in [5.41, 5.74) is 3.92. The standard InChI is InChI=1S/C33H35N3/c1-5-7-24-33(3,6-2)36(4)32(28-15-9-8-10-16-28)35-31(34)27-22-20-26(21-23-27)30-19-13-17-25-14-11-12-18-29(25)30/h7-24,34H,5-6H2,1-4H3/b24-7-,34-31?,35-32?/t33-/m0/s1. The summed E-state index contributed by atoms with van der Waals surface area (Å²) in [6, 6.07) is 33.2.